The lowest BCUT2D eigenvalue weighted by Gasteiger charge is -2.38. The van der Waals surface area contributed by atoms with Gasteiger partial charge in [0.25, 0.3) is 0 Å². The van der Waals surface area contributed by atoms with Gasteiger partial charge in [0.2, 0.25) is 0 Å². The molecule has 2 N–H and O–H groups in total. The van der Waals surface area contributed by atoms with Crippen LogP contribution in [0.4, 0.5) is 13.2 Å². The summed E-state index contributed by atoms with van der Waals surface area (Å²) in [7, 11) is 0. The number of para-hydroxylation sites is 2. The van der Waals surface area contributed by atoms with Crippen LogP contribution >= 0.6 is 0 Å². The van der Waals surface area contributed by atoms with Crippen molar-refractivity contribution in [2.45, 2.75) is 70.6 Å². The summed E-state index contributed by atoms with van der Waals surface area (Å²) in [5.41, 5.74) is 9.22. The topological polar surface area (TPSA) is 128 Å². The number of carbonyl (C=O) groups excluding carboxylic acids is 4. The van der Waals surface area contributed by atoms with Crippen molar-refractivity contribution >= 4 is 23.7 Å². The van der Waals surface area contributed by atoms with Crippen LogP contribution < -0.4 is 15.2 Å². The molecule has 10 nitrogen and oxygen atoms in total. The maximum Gasteiger partial charge on any atom is 0.422 e. The summed E-state index contributed by atoms with van der Waals surface area (Å²) < 4.78 is 52.3. The van der Waals surface area contributed by atoms with Gasteiger partial charge < -0.3 is 29.7 Å². The number of nitrogens with two attached hydrogens (primary N) is 1. The van der Waals surface area contributed by atoms with E-state index in [1.165, 1.54) is 10.5 Å². The summed E-state index contributed by atoms with van der Waals surface area (Å²) in [6.45, 7) is 4.34. The average molecular weight is 660 g/mol. The highest BCUT2D eigenvalue weighted by Crippen LogP contribution is 2.42. The zero-order chi connectivity index (χ0) is 33.9. The maximum absolute atomic E-state index is 12.5. The van der Waals surface area contributed by atoms with E-state index in [-0.39, 0.29) is 18.5 Å². The fourth-order valence-electron chi connectivity index (χ4n) is 6.87. The van der Waals surface area contributed by atoms with Crippen LogP contribution in [0.3, 0.4) is 0 Å². The Bertz CT molecular complexity index is 1510. The first-order valence-electron chi connectivity index (χ1n) is 16.0. The van der Waals surface area contributed by atoms with E-state index in [1.807, 2.05) is 37.3 Å². The Morgan fingerprint density at radius 3 is 1.70 bits per heavy atom. The number of esters is 1. The number of benzene rings is 2. The van der Waals surface area contributed by atoms with Crippen LogP contribution in [0.5, 0.6) is 11.5 Å². The van der Waals surface area contributed by atoms with Gasteiger partial charge in [-0.25, -0.2) is 4.79 Å². The molecule has 47 heavy (non-hydrogen) atoms. The number of primary amides is 1. The minimum Gasteiger partial charge on any atom is -0.493 e. The minimum atomic E-state index is -4.67. The second-order valence-electron chi connectivity index (χ2n) is 12.7. The van der Waals surface area contributed by atoms with Crippen LogP contribution in [0, 0.1) is 11.8 Å². The van der Waals surface area contributed by atoms with Crippen LogP contribution in [0.1, 0.15) is 73.9 Å². The largest absolute Gasteiger partial charge is 0.493 e. The molecule has 4 unspecified atom stereocenters. The molecule has 4 aliphatic heterocycles. The fourth-order valence-corrected chi connectivity index (χ4v) is 6.87. The van der Waals surface area contributed by atoms with Crippen molar-refractivity contribution < 1.29 is 46.6 Å². The second kappa shape index (κ2) is 14.2. The molecule has 13 heteroatoms. The van der Waals surface area contributed by atoms with Crippen LogP contribution in [0.2, 0.25) is 0 Å². The summed E-state index contributed by atoms with van der Waals surface area (Å²) in [4.78, 5) is 50.7. The highest BCUT2D eigenvalue weighted by Gasteiger charge is 2.39. The van der Waals surface area contributed by atoms with Gasteiger partial charge >= 0.3 is 29.9 Å². The Morgan fingerprint density at radius 1 is 0.787 bits per heavy atom. The van der Waals surface area contributed by atoms with Crippen LogP contribution in [0.15, 0.2) is 36.4 Å². The molecule has 2 saturated heterocycles. The number of halogens is 3. The van der Waals surface area contributed by atoms with E-state index < -0.39 is 42.5 Å². The highest BCUT2D eigenvalue weighted by atomic mass is 19.4. The molecule has 0 saturated carbocycles. The zero-order valence-corrected chi connectivity index (χ0v) is 26.5. The van der Waals surface area contributed by atoms with Gasteiger partial charge in [0.15, 0.2) is 6.61 Å². The Labute approximate surface area is 271 Å². The van der Waals surface area contributed by atoms with Crippen LogP contribution in [-0.2, 0) is 36.8 Å². The van der Waals surface area contributed by atoms with E-state index >= 15 is 0 Å². The Balaban J connectivity index is 0.000000189. The molecule has 0 spiro atoms. The van der Waals surface area contributed by atoms with E-state index in [0.717, 1.165) is 54.5 Å². The number of ether oxygens (including phenoxy) is 3. The van der Waals surface area contributed by atoms with Crippen molar-refractivity contribution in [3.05, 3.63) is 58.7 Å². The van der Waals surface area contributed by atoms with Crippen molar-refractivity contribution in [3.63, 3.8) is 0 Å². The molecule has 2 fully saturated rings. The van der Waals surface area contributed by atoms with Gasteiger partial charge in [-0.2, -0.15) is 13.2 Å². The van der Waals surface area contributed by atoms with Crippen LogP contribution in [0.25, 0.3) is 0 Å². The number of fused-ring (bicyclic) bond motifs is 2. The summed E-state index contributed by atoms with van der Waals surface area (Å²) in [5.74, 6) is -1.88. The highest BCUT2D eigenvalue weighted by molar-refractivity contribution is 6.34. The normalized spacial score (nSPS) is 23.3. The second-order valence-corrected chi connectivity index (χ2v) is 12.7. The predicted molar refractivity (Wildman–Crippen MR) is 163 cm³/mol. The van der Waals surface area contributed by atoms with Crippen molar-refractivity contribution in [3.8, 4) is 11.5 Å². The minimum absolute atomic E-state index is 0.116. The number of amides is 3. The number of hydrogen-bond donors (Lipinski definition) is 1. The molecule has 4 aliphatic rings. The number of piperidine rings is 2. The number of rotatable bonds is 3. The molecule has 4 heterocycles. The quantitative estimate of drug-likeness (QED) is 0.382. The lowest BCUT2D eigenvalue weighted by molar-refractivity contribution is -0.190. The first-order valence-corrected chi connectivity index (χ1v) is 16.0. The average Bonchev–Trinajstić information content (AvgIpc) is 3.73. The maximum atomic E-state index is 12.5. The van der Waals surface area contributed by atoms with E-state index in [0.29, 0.717) is 37.8 Å². The van der Waals surface area contributed by atoms with Gasteiger partial charge in [-0.05, 0) is 48.6 Å². The van der Waals surface area contributed by atoms with E-state index in [4.69, 9.17) is 15.2 Å². The SMILES string of the molecule is CC1CCC(c2cccc3c2OCC3)N(C(=O)C(=O)OCC(F)(F)F)C1.CC1CCC(c2cccc3c2OCC3)N(C(=O)C(N)=O)C1. The lowest BCUT2D eigenvalue weighted by Crippen LogP contribution is -2.47. The smallest absolute Gasteiger partial charge is 0.422 e. The lowest BCUT2D eigenvalue weighted by atomic mass is 9.88. The van der Waals surface area contributed by atoms with Crippen molar-refractivity contribution in [2.24, 2.45) is 17.6 Å². The Kier molecular flexibility index (Phi) is 10.3. The molecule has 254 valence electrons. The van der Waals surface area contributed by atoms with E-state index in [1.54, 1.807) is 4.90 Å². The van der Waals surface area contributed by atoms with Gasteiger partial charge in [0.1, 0.15) is 11.5 Å². The number of alkyl halides is 3. The predicted octanol–water partition coefficient (Wildman–Crippen LogP) is 4.43. The summed E-state index contributed by atoms with van der Waals surface area (Å²) in [6.07, 6.45) is 0.314. The monoisotopic (exact) mass is 659 g/mol. The van der Waals surface area contributed by atoms with Crippen molar-refractivity contribution in [1.29, 1.82) is 0 Å². The van der Waals surface area contributed by atoms with Crippen molar-refractivity contribution in [2.75, 3.05) is 32.9 Å². The molecular formula is C34H40F3N3O7. The molecule has 4 atom stereocenters. The Hall–Kier alpha value is -4.29. The third-order valence-electron chi connectivity index (χ3n) is 9.12. The molecular weight excluding hydrogens is 619 g/mol. The molecule has 0 radical (unpaired) electrons. The number of likely N-dealkylation sites (tertiary alicyclic amines) is 2. The van der Waals surface area contributed by atoms with Gasteiger partial charge in [0, 0.05) is 37.1 Å². The van der Waals surface area contributed by atoms with Gasteiger partial charge in [-0.1, -0.05) is 50.2 Å². The number of nitrogens with zero attached hydrogens (tertiary/aromatic N) is 2. The van der Waals surface area contributed by atoms with Gasteiger partial charge in [-0.3, -0.25) is 14.4 Å². The van der Waals surface area contributed by atoms with Crippen molar-refractivity contribution in [1.82, 2.24) is 9.80 Å². The zero-order valence-electron chi connectivity index (χ0n) is 26.5. The first kappa shape index (κ1) is 34.1. The molecule has 0 aliphatic carbocycles. The first-order chi connectivity index (χ1) is 22.3. The fraction of sp³-hybridized carbons (Fsp3) is 0.529. The van der Waals surface area contributed by atoms with E-state index in [2.05, 4.69) is 17.7 Å². The molecule has 2 aromatic rings. The number of carbonyl (C=O) groups is 4. The Morgan fingerprint density at radius 2 is 1.26 bits per heavy atom. The standard InChI is InChI=1S/C18H20F3NO4.C16H20N2O3/c1-11-5-6-14(13-4-2-3-12-7-8-25-15(12)13)22(9-11)16(23)17(24)26-10-18(19,20)21;1-10-5-6-13(18(9-10)16(20)15(17)19)12-4-2-3-11-7-8-21-14(11)12/h2-4,11,14H,5-10H2,1H3;2-4,10,13H,5-9H2,1H3,(H2,17,19). The summed E-state index contributed by atoms with van der Waals surface area (Å²) >= 11 is 0. The summed E-state index contributed by atoms with van der Waals surface area (Å²) in [6, 6.07) is 11.2. The third kappa shape index (κ3) is 7.82. The molecule has 0 aromatic heterocycles. The molecule has 6 rings (SSSR count). The van der Waals surface area contributed by atoms with E-state index in [9.17, 15) is 32.3 Å². The van der Waals surface area contributed by atoms with Gasteiger partial charge in [-0.15, -0.1) is 0 Å². The number of hydrogen-bond acceptors (Lipinski definition) is 7. The molecule has 0 bridgehead atoms. The van der Waals surface area contributed by atoms with Crippen LogP contribution in [-0.4, -0.2) is 72.6 Å². The third-order valence-corrected chi connectivity index (χ3v) is 9.12. The molecule has 2 aromatic carbocycles. The summed E-state index contributed by atoms with van der Waals surface area (Å²) in [5, 5.41) is 0. The molecule has 3 amide bonds. The van der Waals surface area contributed by atoms with Gasteiger partial charge in [0.05, 0.1) is 25.3 Å².